The van der Waals surface area contributed by atoms with Gasteiger partial charge in [0, 0.05) is 31.1 Å². The Kier molecular flexibility index (Phi) is 3.64. The SMILES string of the molecule is OCCN1CCC(c2cnccn2)CC1. The van der Waals surface area contributed by atoms with Crippen LogP contribution in [0.25, 0.3) is 0 Å². The molecule has 2 rings (SSSR count). The van der Waals surface area contributed by atoms with E-state index < -0.39 is 0 Å². The molecule has 1 aliphatic rings. The summed E-state index contributed by atoms with van der Waals surface area (Å²) >= 11 is 0. The Balaban J connectivity index is 1.88. The van der Waals surface area contributed by atoms with Crippen molar-refractivity contribution in [3.8, 4) is 0 Å². The van der Waals surface area contributed by atoms with Gasteiger partial charge in [-0.1, -0.05) is 0 Å². The van der Waals surface area contributed by atoms with Crippen molar-refractivity contribution >= 4 is 0 Å². The van der Waals surface area contributed by atoms with Gasteiger partial charge in [0.05, 0.1) is 12.3 Å². The molecule has 1 N–H and O–H groups in total. The molecule has 0 radical (unpaired) electrons. The molecule has 0 atom stereocenters. The molecular formula is C11H17N3O. The highest BCUT2D eigenvalue weighted by molar-refractivity contribution is 5.04. The number of aromatic nitrogens is 2. The van der Waals surface area contributed by atoms with Crippen LogP contribution in [0.1, 0.15) is 24.5 Å². The minimum absolute atomic E-state index is 0.260. The molecular weight excluding hydrogens is 190 g/mol. The quantitative estimate of drug-likeness (QED) is 0.790. The summed E-state index contributed by atoms with van der Waals surface area (Å²) in [5, 5.41) is 8.84. The maximum Gasteiger partial charge on any atom is 0.0618 e. The summed E-state index contributed by atoms with van der Waals surface area (Å²) < 4.78 is 0. The van der Waals surface area contributed by atoms with E-state index >= 15 is 0 Å². The van der Waals surface area contributed by atoms with Gasteiger partial charge in [-0.15, -0.1) is 0 Å². The van der Waals surface area contributed by atoms with Crippen LogP contribution in [-0.2, 0) is 0 Å². The summed E-state index contributed by atoms with van der Waals surface area (Å²) in [5.74, 6) is 0.550. The van der Waals surface area contributed by atoms with Crippen LogP contribution in [0.2, 0.25) is 0 Å². The van der Waals surface area contributed by atoms with Gasteiger partial charge in [-0.25, -0.2) is 0 Å². The molecule has 0 bridgehead atoms. The standard InChI is InChI=1S/C11H17N3O/c15-8-7-14-5-1-10(2-6-14)11-9-12-3-4-13-11/h3-4,9-10,15H,1-2,5-8H2. The number of hydrogen-bond acceptors (Lipinski definition) is 4. The monoisotopic (exact) mass is 207 g/mol. The van der Waals surface area contributed by atoms with Crippen molar-refractivity contribution in [2.45, 2.75) is 18.8 Å². The Labute approximate surface area is 90.0 Å². The van der Waals surface area contributed by atoms with E-state index in [-0.39, 0.29) is 6.61 Å². The normalized spacial score (nSPS) is 19.3. The summed E-state index contributed by atoms with van der Waals surface area (Å²) in [6, 6.07) is 0. The first-order valence-electron chi connectivity index (χ1n) is 5.49. The molecule has 15 heavy (non-hydrogen) atoms. The zero-order valence-electron chi connectivity index (χ0n) is 8.84. The second-order valence-corrected chi connectivity index (χ2v) is 3.97. The highest BCUT2D eigenvalue weighted by Gasteiger charge is 2.20. The van der Waals surface area contributed by atoms with Crippen molar-refractivity contribution in [1.82, 2.24) is 14.9 Å². The van der Waals surface area contributed by atoms with Crippen LogP contribution in [0.4, 0.5) is 0 Å². The molecule has 4 nitrogen and oxygen atoms in total. The second-order valence-electron chi connectivity index (χ2n) is 3.97. The number of aliphatic hydroxyl groups is 1. The summed E-state index contributed by atoms with van der Waals surface area (Å²) in [6.45, 7) is 3.17. The zero-order chi connectivity index (χ0) is 10.5. The number of aliphatic hydroxyl groups excluding tert-OH is 1. The molecule has 0 unspecified atom stereocenters. The Morgan fingerprint density at radius 3 is 2.73 bits per heavy atom. The topological polar surface area (TPSA) is 49.2 Å². The minimum Gasteiger partial charge on any atom is -0.395 e. The first kappa shape index (κ1) is 10.5. The van der Waals surface area contributed by atoms with E-state index in [1.54, 1.807) is 12.4 Å². The lowest BCUT2D eigenvalue weighted by molar-refractivity contribution is 0.163. The Morgan fingerprint density at radius 2 is 2.13 bits per heavy atom. The Morgan fingerprint density at radius 1 is 1.33 bits per heavy atom. The lowest BCUT2D eigenvalue weighted by Crippen LogP contribution is -2.35. The van der Waals surface area contributed by atoms with Crippen molar-refractivity contribution in [2.75, 3.05) is 26.2 Å². The average molecular weight is 207 g/mol. The molecule has 1 aromatic heterocycles. The van der Waals surface area contributed by atoms with Gasteiger partial charge < -0.3 is 10.0 Å². The van der Waals surface area contributed by atoms with Gasteiger partial charge >= 0.3 is 0 Å². The van der Waals surface area contributed by atoms with Crippen molar-refractivity contribution in [3.05, 3.63) is 24.3 Å². The molecule has 1 saturated heterocycles. The lowest BCUT2D eigenvalue weighted by Gasteiger charge is -2.30. The van der Waals surface area contributed by atoms with Crippen LogP contribution in [0.5, 0.6) is 0 Å². The molecule has 2 heterocycles. The molecule has 82 valence electrons. The zero-order valence-corrected chi connectivity index (χ0v) is 8.84. The first-order valence-corrected chi connectivity index (χ1v) is 5.49. The van der Waals surface area contributed by atoms with Crippen molar-refractivity contribution in [1.29, 1.82) is 0 Å². The Bertz CT molecular complexity index is 283. The number of likely N-dealkylation sites (tertiary alicyclic amines) is 1. The molecule has 0 amide bonds. The minimum atomic E-state index is 0.260. The van der Waals surface area contributed by atoms with Crippen LogP contribution in [0, 0.1) is 0 Å². The van der Waals surface area contributed by atoms with Gasteiger partial charge in [0.25, 0.3) is 0 Å². The van der Waals surface area contributed by atoms with Crippen molar-refractivity contribution in [2.24, 2.45) is 0 Å². The van der Waals surface area contributed by atoms with E-state index in [2.05, 4.69) is 14.9 Å². The highest BCUT2D eigenvalue weighted by atomic mass is 16.3. The summed E-state index contributed by atoms with van der Waals surface area (Å²) in [5.41, 5.74) is 1.11. The third-order valence-corrected chi connectivity index (χ3v) is 3.01. The van der Waals surface area contributed by atoms with Crippen LogP contribution in [-0.4, -0.2) is 46.2 Å². The molecule has 0 saturated carbocycles. The van der Waals surface area contributed by atoms with Gasteiger partial charge in [-0.3, -0.25) is 9.97 Å². The van der Waals surface area contributed by atoms with E-state index in [4.69, 9.17) is 5.11 Å². The third kappa shape index (κ3) is 2.73. The van der Waals surface area contributed by atoms with E-state index in [0.717, 1.165) is 38.2 Å². The second kappa shape index (κ2) is 5.19. The smallest absolute Gasteiger partial charge is 0.0618 e. The Hall–Kier alpha value is -1.00. The van der Waals surface area contributed by atoms with Crippen LogP contribution < -0.4 is 0 Å². The van der Waals surface area contributed by atoms with E-state index in [9.17, 15) is 0 Å². The largest absolute Gasteiger partial charge is 0.395 e. The predicted molar refractivity (Wildman–Crippen MR) is 57.5 cm³/mol. The van der Waals surface area contributed by atoms with Crippen LogP contribution in [0.15, 0.2) is 18.6 Å². The number of β-amino-alcohol motifs (C(OH)–C–C–N with tert-alkyl or cyclic N) is 1. The number of rotatable bonds is 3. The van der Waals surface area contributed by atoms with E-state index in [1.165, 1.54) is 0 Å². The maximum absolute atomic E-state index is 8.84. The van der Waals surface area contributed by atoms with Gasteiger partial charge in [0.15, 0.2) is 0 Å². The predicted octanol–water partition coefficient (Wildman–Crippen LogP) is 0.648. The maximum atomic E-state index is 8.84. The van der Waals surface area contributed by atoms with E-state index in [1.807, 2.05) is 6.20 Å². The van der Waals surface area contributed by atoms with Gasteiger partial charge in [0.1, 0.15) is 0 Å². The highest BCUT2D eigenvalue weighted by Crippen LogP contribution is 2.25. The lowest BCUT2D eigenvalue weighted by atomic mass is 9.94. The average Bonchev–Trinajstić information content (AvgIpc) is 2.32. The molecule has 4 heteroatoms. The molecule has 0 aliphatic carbocycles. The van der Waals surface area contributed by atoms with Gasteiger partial charge in [0.2, 0.25) is 0 Å². The van der Waals surface area contributed by atoms with Gasteiger partial charge in [-0.05, 0) is 25.9 Å². The number of nitrogens with zero attached hydrogens (tertiary/aromatic N) is 3. The summed E-state index contributed by atoms with van der Waals surface area (Å²) in [4.78, 5) is 10.7. The first-order chi connectivity index (χ1) is 7.40. The number of piperidine rings is 1. The molecule has 1 aliphatic heterocycles. The summed E-state index contributed by atoms with van der Waals surface area (Å²) in [6.07, 6.45) is 7.59. The fourth-order valence-corrected chi connectivity index (χ4v) is 2.12. The molecule has 1 fully saturated rings. The van der Waals surface area contributed by atoms with Gasteiger partial charge in [-0.2, -0.15) is 0 Å². The summed E-state index contributed by atoms with van der Waals surface area (Å²) in [7, 11) is 0. The third-order valence-electron chi connectivity index (χ3n) is 3.01. The fourth-order valence-electron chi connectivity index (χ4n) is 2.12. The van der Waals surface area contributed by atoms with E-state index in [0.29, 0.717) is 5.92 Å². The van der Waals surface area contributed by atoms with Crippen LogP contribution in [0.3, 0.4) is 0 Å². The number of hydrogen-bond donors (Lipinski definition) is 1. The molecule has 0 spiro atoms. The van der Waals surface area contributed by atoms with Crippen molar-refractivity contribution in [3.63, 3.8) is 0 Å². The van der Waals surface area contributed by atoms with Crippen molar-refractivity contribution < 1.29 is 5.11 Å². The van der Waals surface area contributed by atoms with Crippen LogP contribution >= 0.6 is 0 Å². The molecule has 0 aromatic carbocycles. The molecule has 1 aromatic rings. The fraction of sp³-hybridized carbons (Fsp3) is 0.636.